The summed E-state index contributed by atoms with van der Waals surface area (Å²) in [4.78, 5) is 10.3. The Labute approximate surface area is 189 Å². The van der Waals surface area contributed by atoms with Gasteiger partial charge < -0.3 is 29.0 Å². The van der Waals surface area contributed by atoms with Crippen LogP contribution in [0.2, 0.25) is 0 Å². The minimum absolute atomic E-state index is 0.222. The van der Waals surface area contributed by atoms with Crippen LogP contribution in [0.5, 0.6) is 11.5 Å². The predicted molar refractivity (Wildman–Crippen MR) is 124 cm³/mol. The molecule has 31 heavy (non-hydrogen) atoms. The lowest BCUT2D eigenvalue weighted by atomic mass is 10.00. The zero-order valence-electron chi connectivity index (χ0n) is 20.8. The van der Waals surface area contributed by atoms with Crippen LogP contribution < -0.4 is 14.6 Å². The van der Waals surface area contributed by atoms with Crippen LogP contribution in [0.25, 0.3) is 0 Å². The molecule has 1 aromatic carbocycles. The quantitative estimate of drug-likeness (QED) is 0.446. The lowest BCUT2D eigenvalue weighted by Crippen LogP contribution is -2.44. The molecule has 2 unspecified atom stereocenters. The van der Waals surface area contributed by atoms with Gasteiger partial charge in [0.15, 0.2) is 11.5 Å². The Morgan fingerprint density at radius 1 is 1.03 bits per heavy atom. The highest BCUT2D eigenvalue weighted by Crippen LogP contribution is 2.28. The van der Waals surface area contributed by atoms with E-state index in [1.54, 1.807) is 14.2 Å². The number of carboxylic acids is 1. The van der Waals surface area contributed by atoms with Crippen molar-refractivity contribution in [3.63, 3.8) is 0 Å². The molecule has 0 heterocycles. The normalized spacial score (nSPS) is 13.0. The van der Waals surface area contributed by atoms with Crippen LogP contribution in [0.15, 0.2) is 18.2 Å². The summed E-state index contributed by atoms with van der Waals surface area (Å²) in [6.45, 7) is 7.70. The molecule has 1 rings (SSSR count). The number of unbranched alkanes of at least 4 members (excludes halogenated alkanes) is 2. The molecule has 1 N–H and O–H groups in total. The summed E-state index contributed by atoms with van der Waals surface area (Å²) < 4.78 is 11.4. The molecule has 0 radical (unpaired) electrons. The van der Waals surface area contributed by atoms with Gasteiger partial charge in [-0.2, -0.15) is 0 Å². The molecule has 0 aromatic heterocycles. The van der Waals surface area contributed by atoms with Gasteiger partial charge in [-0.3, -0.25) is 0 Å². The Morgan fingerprint density at radius 2 is 1.61 bits per heavy atom. The first-order chi connectivity index (χ1) is 14.6. The Balaban J connectivity index is 0.000000759. The summed E-state index contributed by atoms with van der Waals surface area (Å²) in [5.74, 6) is 0.381. The van der Waals surface area contributed by atoms with E-state index >= 15 is 0 Å². The fraction of sp³-hybridized carbons (Fsp3) is 0.720. The lowest BCUT2D eigenvalue weighted by molar-refractivity contribution is -0.906. The number of nitrogens with zero attached hydrogens (tertiary/aromatic N) is 1. The number of benzene rings is 1. The Kier molecular flexibility index (Phi) is 15.0. The Bertz CT molecular complexity index is 618. The highest BCUT2D eigenvalue weighted by Gasteiger charge is 2.21. The second kappa shape index (κ2) is 15.9. The van der Waals surface area contributed by atoms with E-state index < -0.39 is 5.97 Å². The SMILES string of the molecule is CCCCC(CC)C(=O)[O-].CCCCC(O)C[N+](C)(C)Cc1ccc(OC)c(OC)c1. The number of hydrogen-bond donors (Lipinski definition) is 1. The van der Waals surface area contributed by atoms with Crippen molar-refractivity contribution < 1.29 is 29.0 Å². The van der Waals surface area contributed by atoms with Crippen LogP contribution in [-0.4, -0.2) is 56.5 Å². The topological polar surface area (TPSA) is 78.8 Å². The maximum atomic E-state index is 10.3. The number of ether oxygens (including phenoxy) is 2. The summed E-state index contributed by atoms with van der Waals surface area (Å²) in [7, 11) is 7.58. The van der Waals surface area contributed by atoms with Gasteiger partial charge in [0, 0.05) is 11.5 Å². The zero-order chi connectivity index (χ0) is 23.9. The van der Waals surface area contributed by atoms with E-state index in [0.717, 1.165) is 67.6 Å². The Morgan fingerprint density at radius 3 is 2.10 bits per heavy atom. The lowest BCUT2D eigenvalue weighted by Gasteiger charge is -2.32. The number of methoxy groups -OCH3 is 2. The Hall–Kier alpha value is -1.79. The van der Waals surface area contributed by atoms with Crippen molar-refractivity contribution in [2.24, 2.45) is 5.92 Å². The van der Waals surface area contributed by atoms with Gasteiger partial charge in [-0.15, -0.1) is 0 Å². The first-order valence-corrected chi connectivity index (χ1v) is 11.6. The summed E-state index contributed by atoms with van der Waals surface area (Å²) in [6, 6.07) is 6.00. The van der Waals surface area contributed by atoms with E-state index in [-0.39, 0.29) is 12.0 Å². The van der Waals surface area contributed by atoms with Crippen molar-refractivity contribution in [3.8, 4) is 11.5 Å². The van der Waals surface area contributed by atoms with E-state index in [0.29, 0.717) is 6.42 Å². The molecule has 2 atom stereocenters. The molecule has 1 aromatic rings. The van der Waals surface area contributed by atoms with E-state index in [1.807, 2.05) is 19.1 Å². The van der Waals surface area contributed by atoms with Crippen molar-refractivity contribution in [2.75, 3.05) is 34.9 Å². The van der Waals surface area contributed by atoms with Crippen molar-refractivity contribution >= 4 is 5.97 Å². The second-order valence-corrected chi connectivity index (χ2v) is 8.83. The van der Waals surface area contributed by atoms with Crippen LogP contribution in [0, 0.1) is 5.92 Å². The number of carbonyl (C=O) groups is 1. The molecule has 0 spiro atoms. The van der Waals surface area contributed by atoms with Crippen LogP contribution in [0.4, 0.5) is 0 Å². The number of carbonyl (C=O) groups excluding carboxylic acids is 1. The predicted octanol–water partition coefficient (Wildman–Crippen LogP) is 3.78. The number of likely N-dealkylation sites (N-methyl/N-ethyl adjacent to an activating group) is 1. The summed E-state index contributed by atoms with van der Waals surface area (Å²) >= 11 is 0. The van der Waals surface area contributed by atoms with Gasteiger partial charge in [-0.25, -0.2) is 0 Å². The number of aliphatic hydroxyl groups is 1. The third-order valence-corrected chi connectivity index (χ3v) is 5.39. The number of quaternary nitrogens is 1. The third-order valence-electron chi connectivity index (χ3n) is 5.39. The summed E-state index contributed by atoms with van der Waals surface area (Å²) in [5, 5.41) is 20.4. The molecule has 0 fully saturated rings. The van der Waals surface area contributed by atoms with Gasteiger partial charge in [0.25, 0.3) is 0 Å². The summed E-state index contributed by atoms with van der Waals surface area (Å²) in [6.07, 6.45) is 6.37. The molecule has 180 valence electrons. The maximum Gasteiger partial charge on any atom is 0.161 e. The minimum atomic E-state index is -0.893. The molecule has 6 nitrogen and oxygen atoms in total. The zero-order valence-corrected chi connectivity index (χ0v) is 20.8. The molecule has 0 saturated heterocycles. The molecular formula is C25H45NO5. The van der Waals surface area contributed by atoms with Gasteiger partial charge in [-0.1, -0.05) is 46.5 Å². The van der Waals surface area contributed by atoms with Crippen molar-refractivity contribution in [3.05, 3.63) is 23.8 Å². The van der Waals surface area contributed by atoms with Crippen LogP contribution in [-0.2, 0) is 11.3 Å². The van der Waals surface area contributed by atoms with E-state index in [1.165, 1.54) is 5.56 Å². The van der Waals surface area contributed by atoms with Gasteiger partial charge in [-0.05, 0) is 43.4 Å². The average Bonchev–Trinajstić information content (AvgIpc) is 2.72. The standard InChI is InChI=1S/C17H30NO3.C8H16O2/c1-6-7-8-15(19)13-18(2,3)12-14-9-10-16(20-4)17(11-14)21-5;1-3-5-6-7(4-2)8(9)10/h9-11,15,19H,6-8,12-13H2,1-5H3;7H,3-6H2,1-2H3,(H,9,10)/q+1;/p-1. The van der Waals surface area contributed by atoms with Crippen LogP contribution in [0.1, 0.15) is 71.3 Å². The van der Waals surface area contributed by atoms with Gasteiger partial charge in [0.2, 0.25) is 0 Å². The fourth-order valence-electron chi connectivity index (χ4n) is 3.58. The number of hydrogen-bond acceptors (Lipinski definition) is 5. The minimum Gasteiger partial charge on any atom is -0.550 e. The molecule has 0 aliphatic carbocycles. The van der Waals surface area contributed by atoms with E-state index in [9.17, 15) is 15.0 Å². The van der Waals surface area contributed by atoms with E-state index in [2.05, 4.69) is 34.0 Å². The molecule has 0 bridgehead atoms. The van der Waals surface area contributed by atoms with Gasteiger partial charge in [0.1, 0.15) is 19.2 Å². The monoisotopic (exact) mass is 439 g/mol. The number of aliphatic hydroxyl groups excluding tert-OH is 1. The maximum absolute atomic E-state index is 10.3. The van der Waals surface area contributed by atoms with Gasteiger partial charge >= 0.3 is 0 Å². The highest BCUT2D eigenvalue weighted by molar-refractivity contribution is 5.67. The summed E-state index contributed by atoms with van der Waals surface area (Å²) in [5.41, 5.74) is 1.18. The third kappa shape index (κ3) is 12.6. The highest BCUT2D eigenvalue weighted by atomic mass is 16.5. The molecular weight excluding hydrogens is 394 g/mol. The molecule has 6 heteroatoms. The molecule has 0 aliphatic rings. The largest absolute Gasteiger partial charge is 0.550 e. The molecule has 0 saturated carbocycles. The van der Waals surface area contributed by atoms with Gasteiger partial charge in [0.05, 0.1) is 28.3 Å². The van der Waals surface area contributed by atoms with Crippen molar-refractivity contribution in [1.82, 2.24) is 0 Å². The number of rotatable bonds is 14. The average molecular weight is 440 g/mol. The van der Waals surface area contributed by atoms with Crippen LogP contribution >= 0.6 is 0 Å². The van der Waals surface area contributed by atoms with Crippen molar-refractivity contribution in [2.45, 2.75) is 78.4 Å². The smallest absolute Gasteiger partial charge is 0.161 e. The fourth-order valence-corrected chi connectivity index (χ4v) is 3.58. The number of aliphatic carboxylic acids is 1. The molecule has 0 aliphatic heterocycles. The second-order valence-electron chi connectivity index (χ2n) is 8.83. The van der Waals surface area contributed by atoms with E-state index in [4.69, 9.17) is 9.47 Å². The number of carboxylic acid groups (broad SMARTS) is 1. The first kappa shape index (κ1) is 29.2. The molecule has 0 amide bonds. The van der Waals surface area contributed by atoms with Crippen molar-refractivity contribution in [1.29, 1.82) is 0 Å². The first-order valence-electron chi connectivity index (χ1n) is 11.6. The van der Waals surface area contributed by atoms with Crippen LogP contribution in [0.3, 0.4) is 0 Å².